The molecule has 0 amide bonds. The third-order valence-electron chi connectivity index (χ3n) is 4.44. The lowest BCUT2D eigenvalue weighted by Gasteiger charge is -2.22. The van der Waals surface area contributed by atoms with Crippen molar-refractivity contribution >= 4 is 0 Å². The minimum Gasteiger partial charge on any atom is -0.373 e. The highest BCUT2D eigenvalue weighted by Crippen LogP contribution is 2.33. The number of hydrogen-bond donors (Lipinski definition) is 0. The third kappa shape index (κ3) is 15.9. The summed E-state index contributed by atoms with van der Waals surface area (Å²) in [6.45, 7) is 18.1. The van der Waals surface area contributed by atoms with Crippen LogP contribution in [0.3, 0.4) is 0 Å². The Bertz CT molecular complexity index is 874. The van der Waals surface area contributed by atoms with Crippen LogP contribution in [-0.2, 0) is 29.9 Å². The molecule has 0 radical (unpaired) electrons. The van der Waals surface area contributed by atoms with Gasteiger partial charge >= 0.3 is 12.4 Å². The molecule has 1 nitrogen and oxygen atoms in total. The Morgan fingerprint density at radius 2 is 1.19 bits per heavy atom. The van der Waals surface area contributed by atoms with E-state index in [1.54, 1.807) is 18.2 Å². The molecule has 0 atom stereocenters. The van der Waals surface area contributed by atoms with Crippen LogP contribution in [0.25, 0.3) is 0 Å². The lowest BCUT2D eigenvalue weighted by molar-refractivity contribution is -0.138. The van der Waals surface area contributed by atoms with E-state index < -0.39 is 23.5 Å². The van der Waals surface area contributed by atoms with Gasteiger partial charge in [0.05, 0.1) is 22.8 Å². The van der Waals surface area contributed by atoms with Crippen LogP contribution in [0, 0.1) is 11.8 Å². The second-order valence-corrected chi connectivity index (χ2v) is 10.8. The van der Waals surface area contributed by atoms with Crippen LogP contribution in [0.1, 0.15) is 84.6 Å². The summed E-state index contributed by atoms with van der Waals surface area (Å²) in [5.74, 6) is 0.608. The van der Waals surface area contributed by atoms with E-state index in [0.29, 0.717) is 30.4 Å². The summed E-state index contributed by atoms with van der Waals surface area (Å²) in [5, 5.41) is 0. The van der Waals surface area contributed by atoms with Gasteiger partial charge in [0.15, 0.2) is 0 Å². The van der Waals surface area contributed by atoms with Crippen molar-refractivity contribution in [3.63, 3.8) is 0 Å². The zero-order valence-corrected chi connectivity index (χ0v) is 22.9. The third-order valence-corrected chi connectivity index (χ3v) is 4.44. The normalized spacial score (nSPS) is 12.3. The molecule has 0 bridgehead atoms. The Hall–Kier alpha value is -2.02. The molecule has 0 unspecified atom stereocenters. The first-order chi connectivity index (χ1) is 16.2. The Morgan fingerprint density at radius 1 is 0.667 bits per heavy atom. The van der Waals surface area contributed by atoms with E-state index in [1.165, 1.54) is 18.2 Å². The molecule has 0 N–H and O–H groups in total. The molecule has 7 heteroatoms. The number of hydrogen-bond acceptors (Lipinski definition) is 1. The molecule has 2 aromatic carbocycles. The number of benzene rings is 2. The fourth-order valence-corrected chi connectivity index (χ4v) is 3.47. The largest absolute Gasteiger partial charge is 0.416 e. The summed E-state index contributed by atoms with van der Waals surface area (Å²) in [6, 6.07) is 11.3. The summed E-state index contributed by atoms with van der Waals surface area (Å²) >= 11 is 0. The van der Waals surface area contributed by atoms with Gasteiger partial charge in [-0.05, 0) is 82.6 Å². The van der Waals surface area contributed by atoms with Crippen molar-refractivity contribution in [1.82, 2.24) is 0 Å². The van der Waals surface area contributed by atoms with Gasteiger partial charge in [0, 0.05) is 0 Å². The molecule has 0 aliphatic rings. The smallest absolute Gasteiger partial charge is 0.373 e. The highest BCUT2D eigenvalue weighted by Gasteiger charge is 2.32. The lowest BCUT2D eigenvalue weighted by Crippen LogP contribution is -2.23. The van der Waals surface area contributed by atoms with Crippen molar-refractivity contribution in [2.24, 2.45) is 11.8 Å². The topological polar surface area (TPSA) is 9.23 Å². The minimum absolute atomic E-state index is 0.0220. The van der Waals surface area contributed by atoms with E-state index in [1.807, 2.05) is 41.5 Å². The Kier molecular flexibility index (Phi) is 13.8. The van der Waals surface area contributed by atoms with Crippen molar-refractivity contribution in [2.45, 2.75) is 99.2 Å². The molecular formula is C29H42F6O. The van der Waals surface area contributed by atoms with Crippen molar-refractivity contribution in [1.29, 1.82) is 0 Å². The van der Waals surface area contributed by atoms with Gasteiger partial charge in [0.25, 0.3) is 0 Å². The van der Waals surface area contributed by atoms with E-state index in [-0.39, 0.29) is 11.5 Å². The van der Waals surface area contributed by atoms with Gasteiger partial charge in [-0.3, -0.25) is 0 Å². The molecular weight excluding hydrogens is 478 g/mol. The molecule has 0 aliphatic carbocycles. The van der Waals surface area contributed by atoms with Crippen LogP contribution in [0.4, 0.5) is 26.3 Å². The van der Waals surface area contributed by atoms with Crippen molar-refractivity contribution in [3.8, 4) is 0 Å². The average Bonchev–Trinajstić information content (AvgIpc) is 2.65. The first-order valence-corrected chi connectivity index (χ1v) is 12.2. The molecule has 2 aromatic rings. The Labute approximate surface area is 213 Å². The highest BCUT2D eigenvalue weighted by atomic mass is 19.4. The lowest BCUT2D eigenvalue weighted by atomic mass is 9.98. The quantitative estimate of drug-likeness (QED) is 0.357. The second-order valence-electron chi connectivity index (χ2n) is 10.8. The maximum atomic E-state index is 12.5. The predicted molar refractivity (Wildman–Crippen MR) is 136 cm³/mol. The molecule has 0 spiro atoms. The standard InChI is InChI=1S/2C11H13F3.C7H16O/c1-8(2)6-9-4-3-5-10(7-9)11(12,13)14;1-8(2)7-9-5-3-4-6-10(9)11(12,13)14;1-6(2)8-7(3,4)5/h3-5,7-8H,6H2,1-2H3;3-6,8H,7H2,1-2H3;6H,1-5H3. The maximum Gasteiger partial charge on any atom is 0.416 e. The zero-order valence-electron chi connectivity index (χ0n) is 22.9. The SMILES string of the molecule is CC(C)Cc1cccc(C(F)(F)F)c1.CC(C)Cc1ccccc1C(F)(F)F.CC(C)OC(C)(C)C. The van der Waals surface area contributed by atoms with Gasteiger partial charge in [-0.2, -0.15) is 26.3 Å². The zero-order chi connectivity index (χ0) is 28.3. The molecule has 36 heavy (non-hydrogen) atoms. The van der Waals surface area contributed by atoms with Crippen LogP contribution in [0.5, 0.6) is 0 Å². The second kappa shape index (κ2) is 14.7. The molecule has 0 aromatic heterocycles. The van der Waals surface area contributed by atoms with E-state index >= 15 is 0 Å². The van der Waals surface area contributed by atoms with E-state index in [9.17, 15) is 26.3 Å². The van der Waals surface area contributed by atoms with Gasteiger partial charge in [0.1, 0.15) is 0 Å². The van der Waals surface area contributed by atoms with Crippen molar-refractivity contribution in [3.05, 3.63) is 70.8 Å². The monoisotopic (exact) mass is 520 g/mol. The fraction of sp³-hybridized carbons (Fsp3) is 0.586. The van der Waals surface area contributed by atoms with E-state index in [4.69, 9.17) is 4.74 Å². The fourth-order valence-electron chi connectivity index (χ4n) is 3.47. The number of rotatable bonds is 5. The summed E-state index contributed by atoms with van der Waals surface area (Å²) in [6.07, 6.45) is -6.96. The summed E-state index contributed by atoms with van der Waals surface area (Å²) < 4.78 is 79.8. The summed E-state index contributed by atoms with van der Waals surface area (Å²) in [7, 11) is 0. The summed E-state index contributed by atoms with van der Waals surface area (Å²) in [5.41, 5.74) is 0.0860. The van der Waals surface area contributed by atoms with Crippen molar-refractivity contribution < 1.29 is 31.1 Å². The van der Waals surface area contributed by atoms with E-state index in [2.05, 4.69) is 20.8 Å². The average molecular weight is 521 g/mol. The first kappa shape index (κ1) is 34.0. The molecule has 0 saturated heterocycles. The minimum atomic E-state index is -4.23. The number of halogens is 6. The van der Waals surface area contributed by atoms with Gasteiger partial charge in [0.2, 0.25) is 0 Å². The van der Waals surface area contributed by atoms with Gasteiger partial charge in [-0.25, -0.2) is 0 Å². The highest BCUT2D eigenvalue weighted by molar-refractivity contribution is 5.30. The molecule has 206 valence electrons. The van der Waals surface area contributed by atoms with Crippen LogP contribution in [0.15, 0.2) is 48.5 Å². The maximum absolute atomic E-state index is 12.5. The predicted octanol–water partition coefficient (Wildman–Crippen LogP) is 10.0. The first-order valence-electron chi connectivity index (χ1n) is 12.2. The molecule has 0 fully saturated rings. The van der Waals surface area contributed by atoms with E-state index in [0.717, 1.165) is 17.7 Å². The van der Waals surface area contributed by atoms with Gasteiger partial charge in [-0.15, -0.1) is 0 Å². The van der Waals surface area contributed by atoms with Gasteiger partial charge in [-0.1, -0.05) is 64.1 Å². The van der Waals surface area contributed by atoms with Crippen LogP contribution < -0.4 is 0 Å². The van der Waals surface area contributed by atoms with Crippen LogP contribution in [-0.4, -0.2) is 11.7 Å². The number of alkyl halides is 6. The van der Waals surface area contributed by atoms with Crippen molar-refractivity contribution in [2.75, 3.05) is 0 Å². The summed E-state index contributed by atoms with van der Waals surface area (Å²) in [4.78, 5) is 0. The van der Waals surface area contributed by atoms with Gasteiger partial charge < -0.3 is 4.74 Å². The molecule has 2 rings (SSSR count). The Morgan fingerprint density at radius 3 is 1.58 bits per heavy atom. The Balaban J connectivity index is 0.000000533. The van der Waals surface area contributed by atoms with Crippen LogP contribution in [0.2, 0.25) is 0 Å². The number of ether oxygens (including phenoxy) is 1. The molecule has 0 heterocycles. The molecule has 0 aliphatic heterocycles. The van der Waals surface area contributed by atoms with Crippen LogP contribution >= 0.6 is 0 Å². The molecule has 0 saturated carbocycles.